The Morgan fingerprint density at radius 1 is 1.27 bits per heavy atom. The fraction of sp³-hybridized carbons (Fsp3) is 0.154. The van der Waals surface area contributed by atoms with Gasteiger partial charge in [0.05, 0.1) is 14.8 Å². The number of sulfonamides is 1. The Labute approximate surface area is 132 Å². The van der Waals surface area contributed by atoms with E-state index in [2.05, 4.69) is 4.98 Å². The molecule has 0 fully saturated rings. The van der Waals surface area contributed by atoms with Gasteiger partial charge in [-0.2, -0.15) is 0 Å². The van der Waals surface area contributed by atoms with Crippen LogP contribution in [0.2, 0.25) is 5.02 Å². The van der Waals surface area contributed by atoms with Gasteiger partial charge < -0.3 is 0 Å². The fourth-order valence-electron chi connectivity index (χ4n) is 1.91. The molecule has 22 heavy (non-hydrogen) atoms. The molecule has 1 aromatic carbocycles. The second-order valence-corrected chi connectivity index (χ2v) is 6.84. The van der Waals surface area contributed by atoms with Gasteiger partial charge in [0.2, 0.25) is 0 Å². The van der Waals surface area contributed by atoms with Gasteiger partial charge in [-0.15, -0.1) is 0 Å². The topological polar surface area (TPSA) is 93.4 Å². The van der Waals surface area contributed by atoms with Crippen molar-refractivity contribution in [3.05, 3.63) is 57.2 Å². The number of aromatic nitrogens is 1. The summed E-state index contributed by atoms with van der Waals surface area (Å²) >= 11 is 5.72. The molecule has 0 saturated heterocycles. The number of anilines is 1. The molecule has 1 heterocycles. The monoisotopic (exact) mass is 341 g/mol. The Bertz CT molecular complexity index is 822. The lowest BCUT2D eigenvalue weighted by Crippen LogP contribution is -2.28. The molecule has 0 aliphatic rings. The van der Waals surface area contributed by atoms with Crippen LogP contribution in [0.5, 0.6) is 0 Å². The van der Waals surface area contributed by atoms with Gasteiger partial charge in [0.1, 0.15) is 5.82 Å². The molecule has 0 N–H and O–H groups in total. The Morgan fingerprint density at radius 3 is 2.50 bits per heavy atom. The first-order valence-electron chi connectivity index (χ1n) is 6.09. The van der Waals surface area contributed by atoms with Crippen LogP contribution in [-0.4, -0.2) is 25.4 Å². The van der Waals surface area contributed by atoms with Crippen LogP contribution in [0, 0.1) is 17.0 Å². The number of nitro groups is 1. The molecule has 1 aromatic heterocycles. The highest BCUT2D eigenvalue weighted by molar-refractivity contribution is 7.92. The lowest BCUT2D eigenvalue weighted by molar-refractivity contribution is -0.385. The third-order valence-corrected chi connectivity index (χ3v) is 5.25. The quantitative estimate of drug-likeness (QED) is 0.629. The van der Waals surface area contributed by atoms with Crippen LogP contribution in [0.1, 0.15) is 5.56 Å². The standard InChI is InChI=1S/C13H12ClN3O4S/c1-9-11(17(18)19)4-3-5-12(9)22(20,21)16(2)13-7-6-10(14)8-15-13/h3-8H,1-2H3. The molecule has 9 heteroatoms. The van der Waals surface area contributed by atoms with Crippen molar-refractivity contribution in [2.45, 2.75) is 11.8 Å². The maximum Gasteiger partial charge on any atom is 0.273 e. The molecule has 2 aromatic rings. The first-order valence-corrected chi connectivity index (χ1v) is 7.91. The van der Waals surface area contributed by atoms with Gasteiger partial charge >= 0.3 is 0 Å². The van der Waals surface area contributed by atoms with Gasteiger partial charge in [0.25, 0.3) is 15.7 Å². The van der Waals surface area contributed by atoms with Crippen molar-refractivity contribution in [2.24, 2.45) is 0 Å². The van der Waals surface area contributed by atoms with Gasteiger partial charge in [-0.3, -0.25) is 14.4 Å². The minimum Gasteiger partial charge on any atom is -0.258 e. The summed E-state index contributed by atoms with van der Waals surface area (Å²) in [6.07, 6.45) is 1.32. The van der Waals surface area contributed by atoms with Crippen LogP contribution in [0.15, 0.2) is 41.4 Å². The lowest BCUT2D eigenvalue weighted by Gasteiger charge is -2.19. The van der Waals surface area contributed by atoms with Gasteiger partial charge in [-0.1, -0.05) is 17.7 Å². The van der Waals surface area contributed by atoms with Gasteiger partial charge in [0.15, 0.2) is 0 Å². The molecule has 2 rings (SSSR count). The van der Waals surface area contributed by atoms with Crippen molar-refractivity contribution in [2.75, 3.05) is 11.4 Å². The number of nitrogens with zero attached hydrogens (tertiary/aromatic N) is 3. The van der Waals surface area contributed by atoms with E-state index >= 15 is 0 Å². The Balaban J connectivity index is 2.53. The van der Waals surface area contributed by atoms with Crippen LogP contribution in [-0.2, 0) is 10.0 Å². The average molecular weight is 342 g/mol. The van der Waals surface area contributed by atoms with E-state index in [1.165, 1.54) is 50.5 Å². The van der Waals surface area contributed by atoms with E-state index in [9.17, 15) is 18.5 Å². The molecular weight excluding hydrogens is 330 g/mol. The number of halogens is 1. The number of rotatable bonds is 4. The number of benzene rings is 1. The molecule has 0 spiro atoms. The smallest absolute Gasteiger partial charge is 0.258 e. The van der Waals surface area contributed by atoms with E-state index in [4.69, 9.17) is 11.6 Å². The Hall–Kier alpha value is -2.19. The Morgan fingerprint density at radius 2 is 1.95 bits per heavy atom. The summed E-state index contributed by atoms with van der Waals surface area (Å²) in [5.41, 5.74) is -0.174. The lowest BCUT2D eigenvalue weighted by atomic mass is 10.2. The van der Waals surface area contributed by atoms with E-state index in [0.717, 1.165) is 4.31 Å². The number of pyridine rings is 1. The van der Waals surface area contributed by atoms with Gasteiger partial charge in [0, 0.05) is 24.9 Å². The van der Waals surface area contributed by atoms with Gasteiger partial charge in [-0.25, -0.2) is 13.4 Å². The number of hydrogen-bond acceptors (Lipinski definition) is 5. The molecule has 0 amide bonds. The third kappa shape index (κ3) is 2.88. The zero-order valence-corrected chi connectivity index (χ0v) is 13.3. The summed E-state index contributed by atoms with van der Waals surface area (Å²) in [6, 6.07) is 6.88. The maximum atomic E-state index is 12.6. The van der Waals surface area contributed by atoms with Crippen LogP contribution in [0.3, 0.4) is 0 Å². The summed E-state index contributed by atoms with van der Waals surface area (Å²) in [5.74, 6) is 0.162. The summed E-state index contributed by atoms with van der Waals surface area (Å²) in [4.78, 5) is 14.1. The summed E-state index contributed by atoms with van der Waals surface area (Å²) in [5, 5.41) is 11.3. The normalized spacial score (nSPS) is 11.2. The SMILES string of the molecule is Cc1c([N+](=O)[O-])cccc1S(=O)(=O)N(C)c1ccc(Cl)cn1. The fourth-order valence-corrected chi connectivity index (χ4v) is 3.41. The van der Waals surface area contributed by atoms with Crippen molar-refractivity contribution < 1.29 is 13.3 Å². The first-order chi connectivity index (χ1) is 10.2. The van der Waals surface area contributed by atoms with Crippen molar-refractivity contribution in [1.29, 1.82) is 0 Å². The van der Waals surface area contributed by atoms with E-state index < -0.39 is 14.9 Å². The first kappa shape index (κ1) is 16.2. The highest BCUT2D eigenvalue weighted by Crippen LogP contribution is 2.28. The van der Waals surface area contributed by atoms with Crippen molar-refractivity contribution in [3.8, 4) is 0 Å². The Kier molecular flexibility index (Phi) is 4.34. The maximum absolute atomic E-state index is 12.6. The van der Waals surface area contributed by atoms with E-state index in [1.54, 1.807) is 0 Å². The van der Waals surface area contributed by atoms with Crippen LogP contribution >= 0.6 is 11.6 Å². The predicted octanol–water partition coefficient (Wildman–Crippen LogP) is 2.78. The largest absolute Gasteiger partial charge is 0.273 e. The van der Waals surface area contributed by atoms with Crippen LogP contribution < -0.4 is 4.31 Å². The molecule has 0 unspecified atom stereocenters. The molecule has 0 aliphatic carbocycles. The minimum atomic E-state index is -3.97. The molecule has 0 bridgehead atoms. The molecule has 0 aliphatic heterocycles. The zero-order chi connectivity index (χ0) is 16.5. The summed E-state index contributed by atoms with van der Waals surface area (Å²) in [7, 11) is -2.65. The second-order valence-electron chi connectivity index (χ2n) is 4.46. The van der Waals surface area contributed by atoms with Crippen molar-refractivity contribution in [1.82, 2.24) is 4.98 Å². The van der Waals surface area contributed by atoms with Crippen LogP contribution in [0.4, 0.5) is 11.5 Å². The molecule has 116 valence electrons. The minimum absolute atomic E-state index is 0.0771. The summed E-state index contributed by atoms with van der Waals surface area (Å²) < 4.78 is 26.2. The van der Waals surface area contributed by atoms with Gasteiger partial charge in [-0.05, 0) is 25.1 Å². The number of hydrogen-bond donors (Lipinski definition) is 0. The zero-order valence-electron chi connectivity index (χ0n) is 11.7. The van der Waals surface area contributed by atoms with Crippen molar-refractivity contribution >= 4 is 33.1 Å². The van der Waals surface area contributed by atoms with E-state index in [-0.39, 0.29) is 22.0 Å². The molecule has 0 atom stereocenters. The second kappa shape index (κ2) is 5.90. The van der Waals surface area contributed by atoms with Crippen LogP contribution in [0.25, 0.3) is 0 Å². The highest BCUT2D eigenvalue weighted by atomic mass is 35.5. The molecule has 0 radical (unpaired) electrons. The highest BCUT2D eigenvalue weighted by Gasteiger charge is 2.27. The molecule has 7 nitrogen and oxygen atoms in total. The van der Waals surface area contributed by atoms with E-state index in [0.29, 0.717) is 5.02 Å². The molecule has 0 saturated carbocycles. The van der Waals surface area contributed by atoms with E-state index in [1.807, 2.05) is 0 Å². The molecular formula is C13H12ClN3O4S. The third-order valence-electron chi connectivity index (χ3n) is 3.13. The predicted molar refractivity (Wildman–Crippen MR) is 82.7 cm³/mol. The van der Waals surface area contributed by atoms with Crippen molar-refractivity contribution in [3.63, 3.8) is 0 Å². The number of nitro benzene ring substituents is 1. The average Bonchev–Trinajstić information content (AvgIpc) is 2.47. The summed E-state index contributed by atoms with van der Waals surface area (Å²) in [6.45, 7) is 1.40.